The summed E-state index contributed by atoms with van der Waals surface area (Å²) in [5, 5.41) is 0. The fourth-order valence-electron chi connectivity index (χ4n) is 1.31. The molecule has 0 heterocycles. The fourth-order valence-corrected chi connectivity index (χ4v) is 1.31. The predicted octanol–water partition coefficient (Wildman–Crippen LogP) is 1.89. The van der Waals surface area contributed by atoms with Gasteiger partial charge < -0.3 is 15.2 Å². The molecule has 1 rings (SSSR count). The Bertz CT molecular complexity index is 408. The van der Waals surface area contributed by atoms with E-state index in [1.54, 1.807) is 18.2 Å². The number of carbonyl (C=O) groups excluding carboxylic acids is 1. The first-order valence-corrected chi connectivity index (χ1v) is 5.57. The summed E-state index contributed by atoms with van der Waals surface area (Å²) in [6.45, 7) is 1.43. The summed E-state index contributed by atoms with van der Waals surface area (Å²) < 4.78 is 47.3. The standard InChI is InChI=1S/C12H14F3NO3/c1-2-18-11(17)9(10(16)12(13,14)15)19-8-6-4-3-5-7-8/h3-7,9-10H,2,16H2,1H3/t9-,10-/m0/s1. The molecule has 19 heavy (non-hydrogen) atoms. The minimum atomic E-state index is -4.76. The normalized spacial score (nSPS) is 14.6. The van der Waals surface area contributed by atoms with Gasteiger partial charge in [-0.15, -0.1) is 0 Å². The molecule has 0 saturated carbocycles. The maximum Gasteiger partial charge on any atom is 0.407 e. The second-order valence-electron chi connectivity index (χ2n) is 3.67. The summed E-state index contributed by atoms with van der Waals surface area (Å²) in [7, 11) is 0. The maximum atomic E-state index is 12.6. The summed E-state index contributed by atoms with van der Waals surface area (Å²) in [5.41, 5.74) is 5.02. The van der Waals surface area contributed by atoms with Gasteiger partial charge >= 0.3 is 12.1 Å². The topological polar surface area (TPSA) is 61.5 Å². The fraction of sp³-hybridized carbons (Fsp3) is 0.417. The number of para-hydroxylation sites is 1. The minimum Gasteiger partial charge on any atom is -0.477 e. The molecule has 0 aliphatic rings. The van der Waals surface area contributed by atoms with E-state index in [0.29, 0.717) is 0 Å². The Kier molecular flexibility index (Phi) is 5.17. The lowest BCUT2D eigenvalue weighted by molar-refractivity contribution is -0.182. The number of hydrogen-bond donors (Lipinski definition) is 1. The van der Waals surface area contributed by atoms with Crippen LogP contribution in [0.15, 0.2) is 30.3 Å². The van der Waals surface area contributed by atoms with Crippen molar-refractivity contribution in [2.24, 2.45) is 5.73 Å². The van der Waals surface area contributed by atoms with Gasteiger partial charge in [0.25, 0.3) is 0 Å². The number of nitrogens with two attached hydrogens (primary N) is 1. The molecule has 2 atom stereocenters. The lowest BCUT2D eigenvalue weighted by atomic mass is 10.1. The van der Waals surface area contributed by atoms with Gasteiger partial charge in [-0.2, -0.15) is 13.2 Å². The Hall–Kier alpha value is -1.76. The molecule has 0 aliphatic carbocycles. The number of esters is 1. The van der Waals surface area contributed by atoms with Crippen LogP contribution in [-0.4, -0.2) is 30.9 Å². The third-order valence-electron chi connectivity index (χ3n) is 2.23. The molecule has 0 saturated heterocycles. The molecule has 0 amide bonds. The van der Waals surface area contributed by atoms with Gasteiger partial charge in [-0.25, -0.2) is 4.79 Å². The van der Waals surface area contributed by atoms with Crippen LogP contribution < -0.4 is 10.5 Å². The lowest BCUT2D eigenvalue weighted by Gasteiger charge is -2.24. The summed E-state index contributed by atoms with van der Waals surface area (Å²) >= 11 is 0. The van der Waals surface area contributed by atoms with Crippen LogP contribution in [0.25, 0.3) is 0 Å². The molecule has 7 heteroatoms. The molecule has 2 N–H and O–H groups in total. The summed E-state index contributed by atoms with van der Waals surface area (Å²) in [4.78, 5) is 11.5. The van der Waals surface area contributed by atoms with Crippen molar-refractivity contribution in [3.05, 3.63) is 30.3 Å². The third kappa shape index (κ3) is 4.44. The molecule has 4 nitrogen and oxygen atoms in total. The molecule has 0 radical (unpaired) electrons. The second-order valence-corrected chi connectivity index (χ2v) is 3.67. The minimum absolute atomic E-state index is 0.0575. The first-order chi connectivity index (χ1) is 8.86. The van der Waals surface area contributed by atoms with Gasteiger partial charge in [0.05, 0.1) is 6.61 Å². The Morgan fingerprint density at radius 3 is 2.37 bits per heavy atom. The van der Waals surface area contributed by atoms with E-state index in [-0.39, 0.29) is 12.4 Å². The van der Waals surface area contributed by atoms with E-state index < -0.39 is 24.3 Å². The van der Waals surface area contributed by atoms with Crippen LogP contribution >= 0.6 is 0 Å². The predicted molar refractivity (Wildman–Crippen MR) is 61.5 cm³/mol. The molecule has 0 unspecified atom stereocenters. The van der Waals surface area contributed by atoms with E-state index >= 15 is 0 Å². The van der Waals surface area contributed by atoms with E-state index in [4.69, 9.17) is 10.5 Å². The maximum absolute atomic E-state index is 12.6. The summed E-state index contributed by atoms with van der Waals surface area (Å²) in [6, 6.07) is 5.19. The van der Waals surface area contributed by atoms with Crippen molar-refractivity contribution in [2.45, 2.75) is 25.2 Å². The molecular formula is C12H14F3NO3. The monoisotopic (exact) mass is 277 g/mol. The SMILES string of the molecule is CCOC(=O)[C@@H](Oc1ccccc1)[C@H](N)C(F)(F)F. The molecule has 0 bridgehead atoms. The number of halogens is 3. The average molecular weight is 277 g/mol. The van der Waals surface area contributed by atoms with Gasteiger partial charge in [0.2, 0.25) is 6.10 Å². The van der Waals surface area contributed by atoms with Gasteiger partial charge in [0.1, 0.15) is 11.8 Å². The van der Waals surface area contributed by atoms with Crippen LogP contribution in [0.5, 0.6) is 5.75 Å². The van der Waals surface area contributed by atoms with Gasteiger partial charge in [-0.3, -0.25) is 0 Å². The number of alkyl halides is 3. The van der Waals surface area contributed by atoms with Crippen LogP contribution in [0.4, 0.5) is 13.2 Å². The van der Waals surface area contributed by atoms with Crippen molar-refractivity contribution in [1.82, 2.24) is 0 Å². The molecule has 106 valence electrons. The van der Waals surface area contributed by atoms with Gasteiger partial charge in [0.15, 0.2) is 0 Å². The Morgan fingerprint density at radius 2 is 1.89 bits per heavy atom. The van der Waals surface area contributed by atoms with Crippen LogP contribution in [0, 0.1) is 0 Å². The molecule has 0 aliphatic heterocycles. The van der Waals surface area contributed by atoms with Crippen molar-refractivity contribution in [3.63, 3.8) is 0 Å². The number of ether oxygens (including phenoxy) is 2. The van der Waals surface area contributed by atoms with Crippen LogP contribution in [0.3, 0.4) is 0 Å². The van der Waals surface area contributed by atoms with E-state index in [9.17, 15) is 18.0 Å². The summed E-state index contributed by atoms with van der Waals surface area (Å²) in [6.07, 6.45) is -6.69. The number of carbonyl (C=O) groups is 1. The highest BCUT2D eigenvalue weighted by molar-refractivity contribution is 5.76. The smallest absolute Gasteiger partial charge is 0.407 e. The Labute approximate surface area is 108 Å². The zero-order valence-corrected chi connectivity index (χ0v) is 10.2. The third-order valence-corrected chi connectivity index (χ3v) is 2.23. The summed E-state index contributed by atoms with van der Waals surface area (Å²) in [5.74, 6) is -1.03. The first-order valence-electron chi connectivity index (χ1n) is 5.57. The lowest BCUT2D eigenvalue weighted by Crippen LogP contribution is -2.53. The molecule has 0 fully saturated rings. The number of benzene rings is 1. The van der Waals surface area contributed by atoms with Crippen molar-refractivity contribution < 1.29 is 27.4 Å². The zero-order chi connectivity index (χ0) is 14.5. The van der Waals surface area contributed by atoms with Crippen molar-refractivity contribution in [2.75, 3.05) is 6.61 Å². The highest BCUT2D eigenvalue weighted by Crippen LogP contribution is 2.24. The highest BCUT2D eigenvalue weighted by Gasteiger charge is 2.47. The van der Waals surface area contributed by atoms with Crippen molar-refractivity contribution in [3.8, 4) is 5.75 Å². The number of hydrogen-bond acceptors (Lipinski definition) is 4. The van der Waals surface area contributed by atoms with E-state index in [2.05, 4.69) is 4.74 Å². The highest BCUT2D eigenvalue weighted by atomic mass is 19.4. The average Bonchev–Trinajstić information content (AvgIpc) is 2.35. The molecule has 1 aromatic rings. The van der Waals surface area contributed by atoms with Gasteiger partial charge in [-0.05, 0) is 19.1 Å². The zero-order valence-electron chi connectivity index (χ0n) is 10.2. The van der Waals surface area contributed by atoms with E-state index in [0.717, 1.165) is 0 Å². The Balaban J connectivity index is 2.90. The van der Waals surface area contributed by atoms with E-state index in [1.807, 2.05) is 0 Å². The van der Waals surface area contributed by atoms with Gasteiger partial charge in [-0.1, -0.05) is 18.2 Å². The quantitative estimate of drug-likeness (QED) is 0.835. The van der Waals surface area contributed by atoms with Crippen LogP contribution in [-0.2, 0) is 9.53 Å². The largest absolute Gasteiger partial charge is 0.477 e. The molecule has 0 aromatic heterocycles. The molecule has 0 spiro atoms. The molecular weight excluding hydrogens is 263 g/mol. The van der Waals surface area contributed by atoms with Crippen molar-refractivity contribution in [1.29, 1.82) is 0 Å². The Morgan fingerprint density at radius 1 is 1.32 bits per heavy atom. The van der Waals surface area contributed by atoms with Gasteiger partial charge in [0, 0.05) is 0 Å². The van der Waals surface area contributed by atoms with Crippen LogP contribution in [0.2, 0.25) is 0 Å². The van der Waals surface area contributed by atoms with E-state index in [1.165, 1.54) is 19.1 Å². The van der Waals surface area contributed by atoms with Crippen molar-refractivity contribution >= 4 is 5.97 Å². The first kappa shape index (κ1) is 15.3. The molecule has 1 aromatic carbocycles. The number of rotatable bonds is 5. The second kappa shape index (κ2) is 6.42. The van der Waals surface area contributed by atoms with Crippen LogP contribution in [0.1, 0.15) is 6.92 Å².